The monoisotopic (exact) mass is 228 g/mol. The fourth-order valence-corrected chi connectivity index (χ4v) is 3.02. The number of aryl methyl sites for hydroxylation is 2. The van der Waals surface area contributed by atoms with Gasteiger partial charge in [-0.05, 0) is 36.8 Å². The van der Waals surface area contributed by atoms with Gasteiger partial charge in [-0.2, -0.15) is 0 Å². The van der Waals surface area contributed by atoms with E-state index in [1.54, 1.807) is 0 Å². The summed E-state index contributed by atoms with van der Waals surface area (Å²) < 4.78 is 2.22. The Morgan fingerprint density at radius 1 is 1.35 bits per heavy atom. The van der Waals surface area contributed by atoms with Gasteiger partial charge in [-0.25, -0.2) is 0 Å². The summed E-state index contributed by atoms with van der Waals surface area (Å²) in [6, 6.07) is 6.72. The average Bonchev–Trinajstić information content (AvgIpc) is 2.55. The van der Waals surface area contributed by atoms with Crippen molar-refractivity contribution >= 4 is 10.9 Å². The molecule has 2 heteroatoms. The van der Waals surface area contributed by atoms with Crippen molar-refractivity contribution in [3.05, 3.63) is 35.5 Å². The van der Waals surface area contributed by atoms with Gasteiger partial charge in [0.2, 0.25) is 0 Å². The maximum Gasteiger partial charge on any atom is 0.0510 e. The summed E-state index contributed by atoms with van der Waals surface area (Å²) >= 11 is 0. The molecule has 0 spiro atoms. The molecule has 0 saturated heterocycles. The van der Waals surface area contributed by atoms with Crippen molar-refractivity contribution in [1.29, 1.82) is 0 Å². The minimum Gasteiger partial charge on any atom is -0.350 e. The Hall–Kier alpha value is -1.28. The molecule has 2 aromatic rings. The lowest BCUT2D eigenvalue weighted by Crippen LogP contribution is -2.26. The number of hydrogen-bond acceptors (Lipinski definition) is 1. The van der Waals surface area contributed by atoms with Crippen LogP contribution in [0.5, 0.6) is 0 Å². The summed E-state index contributed by atoms with van der Waals surface area (Å²) in [5.74, 6) is 0.695. The summed E-state index contributed by atoms with van der Waals surface area (Å²) in [5.41, 5.74) is 10.4. The second kappa shape index (κ2) is 3.88. The first-order valence-electron chi connectivity index (χ1n) is 6.48. The molecule has 1 heterocycles. The molecule has 17 heavy (non-hydrogen) atoms. The predicted octanol–water partition coefficient (Wildman–Crippen LogP) is 3.29. The molecule has 1 aliphatic carbocycles. The van der Waals surface area contributed by atoms with E-state index in [0.717, 1.165) is 0 Å². The van der Waals surface area contributed by atoms with Crippen molar-refractivity contribution in [2.75, 3.05) is 0 Å². The van der Waals surface area contributed by atoms with E-state index in [4.69, 9.17) is 5.73 Å². The molecule has 1 aromatic heterocycles. The van der Waals surface area contributed by atoms with E-state index >= 15 is 0 Å². The van der Waals surface area contributed by atoms with Crippen molar-refractivity contribution in [2.24, 2.45) is 18.7 Å². The highest BCUT2D eigenvalue weighted by atomic mass is 14.9. The lowest BCUT2D eigenvalue weighted by atomic mass is 9.77. The third kappa shape index (κ3) is 1.59. The predicted molar refractivity (Wildman–Crippen MR) is 71.9 cm³/mol. The maximum absolute atomic E-state index is 6.42. The van der Waals surface area contributed by atoms with Crippen LogP contribution >= 0.6 is 0 Å². The molecule has 1 aliphatic rings. The summed E-state index contributed by atoms with van der Waals surface area (Å²) in [7, 11) is 2.12. The molecule has 2 N–H and O–H groups in total. The number of rotatable bonds is 2. The largest absolute Gasteiger partial charge is 0.350 e. The summed E-state index contributed by atoms with van der Waals surface area (Å²) in [5, 5.41) is 1.34. The van der Waals surface area contributed by atoms with Crippen LogP contribution in [0.1, 0.15) is 36.4 Å². The third-order valence-electron chi connectivity index (χ3n) is 4.25. The van der Waals surface area contributed by atoms with Crippen molar-refractivity contribution in [2.45, 2.75) is 32.2 Å². The molecule has 0 aliphatic heterocycles. The molecule has 0 radical (unpaired) electrons. The first-order chi connectivity index (χ1) is 8.18. The van der Waals surface area contributed by atoms with Crippen molar-refractivity contribution in [3.8, 4) is 0 Å². The van der Waals surface area contributed by atoms with Crippen LogP contribution < -0.4 is 5.73 Å². The maximum atomic E-state index is 6.42. The van der Waals surface area contributed by atoms with E-state index in [9.17, 15) is 0 Å². The fourth-order valence-electron chi connectivity index (χ4n) is 3.02. The van der Waals surface area contributed by atoms with Gasteiger partial charge < -0.3 is 10.3 Å². The Kier molecular flexibility index (Phi) is 2.48. The zero-order chi connectivity index (χ0) is 12.0. The van der Waals surface area contributed by atoms with Gasteiger partial charge in [0.05, 0.1) is 5.52 Å². The van der Waals surface area contributed by atoms with Crippen LogP contribution in [0.25, 0.3) is 10.9 Å². The zero-order valence-electron chi connectivity index (χ0n) is 10.6. The highest BCUT2D eigenvalue weighted by Crippen LogP contribution is 2.39. The number of aromatic nitrogens is 1. The van der Waals surface area contributed by atoms with E-state index in [1.807, 2.05) is 0 Å². The summed E-state index contributed by atoms with van der Waals surface area (Å²) in [6.07, 6.45) is 6.16. The Labute approximate surface area is 102 Å². The number of benzene rings is 1. The molecule has 1 aromatic carbocycles. The van der Waals surface area contributed by atoms with Crippen molar-refractivity contribution < 1.29 is 0 Å². The lowest BCUT2D eigenvalue weighted by Gasteiger charge is -2.31. The highest BCUT2D eigenvalue weighted by molar-refractivity contribution is 5.87. The SMILES string of the molecule is Cc1cccc2c(C(N)C3CCC3)cn(C)c12. The van der Waals surface area contributed by atoms with Crippen LogP contribution in [0, 0.1) is 12.8 Å². The molecular weight excluding hydrogens is 208 g/mol. The first-order valence-corrected chi connectivity index (χ1v) is 6.48. The van der Waals surface area contributed by atoms with Gasteiger partial charge in [0, 0.05) is 24.7 Å². The van der Waals surface area contributed by atoms with E-state index in [1.165, 1.54) is 41.3 Å². The Bertz CT molecular complexity index is 549. The summed E-state index contributed by atoms with van der Waals surface area (Å²) in [4.78, 5) is 0. The van der Waals surface area contributed by atoms with E-state index in [0.29, 0.717) is 5.92 Å². The molecule has 1 saturated carbocycles. The van der Waals surface area contributed by atoms with Crippen LogP contribution in [-0.4, -0.2) is 4.57 Å². The van der Waals surface area contributed by atoms with E-state index < -0.39 is 0 Å². The standard InChI is InChI=1S/C15H20N2/c1-10-5-3-8-12-13(9-17(2)15(10)12)14(16)11-6-4-7-11/h3,5,8-9,11,14H,4,6-7,16H2,1-2H3. The van der Waals surface area contributed by atoms with Crippen LogP contribution in [-0.2, 0) is 7.05 Å². The number of nitrogens with two attached hydrogens (primary N) is 1. The first kappa shape index (κ1) is 10.8. The summed E-state index contributed by atoms with van der Waals surface area (Å²) in [6.45, 7) is 2.17. The van der Waals surface area contributed by atoms with Crippen LogP contribution in [0.15, 0.2) is 24.4 Å². The molecule has 90 valence electrons. The van der Waals surface area contributed by atoms with Gasteiger partial charge >= 0.3 is 0 Å². The second-order valence-electron chi connectivity index (χ2n) is 5.38. The van der Waals surface area contributed by atoms with Crippen molar-refractivity contribution in [1.82, 2.24) is 4.57 Å². The molecule has 1 atom stereocenters. The fraction of sp³-hybridized carbons (Fsp3) is 0.467. The second-order valence-corrected chi connectivity index (χ2v) is 5.38. The minimum absolute atomic E-state index is 0.217. The zero-order valence-corrected chi connectivity index (χ0v) is 10.6. The molecule has 2 nitrogen and oxygen atoms in total. The van der Waals surface area contributed by atoms with Gasteiger partial charge in [0.25, 0.3) is 0 Å². The molecular formula is C15H20N2. The molecule has 1 unspecified atom stereocenters. The normalized spacial score (nSPS) is 18.3. The minimum atomic E-state index is 0.217. The average molecular weight is 228 g/mol. The Morgan fingerprint density at radius 3 is 2.76 bits per heavy atom. The molecule has 0 amide bonds. The molecule has 3 rings (SSSR count). The number of hydrogen-bond donors (Lipinski definition) is 1. The molecule has 1 fully saturated rings. The van der Waals surface area contributed by atoms with Crippen LogP contribution in [0.3, 0.4) is 0 Å². The smallest absolute Gasteiger partial charge is 0.0510 e. The van der Waals surface area contributed by atoms with Gasteiger partial charge in [-0.1, -0.05) is 24.6 Å². The topological polar surface area (TPSA) is 30.9 Å². The lowest BCUT2D eigenvalue weighted by molar-refractivity contribution is 0.265. The van der Waals surface area contributed by atoms with Gasteiger partial charge in [-0.3, -0.25) is 0 Å². The van der Waals surface area contributed by atoms with Crippen LogP contribution in [0.4, 0.5) is 0 Å². The van der Waals surface area contributed by atoms with E-state index in [2.05, 4.69) is 42.9 Å². The molecule has 0 bridgehead atoms. The Morgan fingerprint density at radius 2 is 2.12 bits per heavy atom. The number of para-hydroxylation sites is 1. The van der Waals surface area contributed by atoms with Gasteiger partial charge in [0.1, 0.15) is 0 Å². The van der Waals surface area contributed by atoms with Crippen molar-refractivity contribution in [3.63, 3.8) is 0 Å². The van der Waals surface area contributed by atoms with Gasteiger partial charge in [0.15, 0.2) is 0 Å². The van der Waals surface area contributed by atoms with Gasteiger partial charge in [-0.15, -0.1) is 0 Å². The van der Waals surface area contributed by atoms with Crippen LogP contribution in [0.2, 0.25) is 0 Å². The number of nitrogens with zero attached hydrogens (tertiary/aromatic N) is 1. The Balaban J connectivity index is 2.13. The number of fused-ring (bicyclic) bond motifs is 1. The highest BCUT2D eigenvalue weighted by Gasteiger charge is 2.27. The third-order valence-corrected chi connectivity index (χ3v) is 4.25. The quantitative estimate of drug-likeness (QED) is 0.840. The van der Waals surface area contributed by atoms with E-state index in [-0.39, 0.29) is 6.04 Å².